The Morgan fingerprint density at radius 1 is 1.29 bits per heavy atom. The molecular weight excluding hydrogens is 414 g/mol. The van der Waals surface area contributed by atoms with Crippen LogP contribution in [0.2, 0.25) is 0 Å². The molecule has 0 saturated carbocycles. The smallest absolute Gasteiger partial charge is 0.308 e. The number of nitrogens with one attached hydrogen (secondary N) is 1. The van der Waals surface area contributed by atoms with Gasteiger partial charge in [-0.1, -0.05) is 30.3 Å². The first-order chi connectivity index (χ1) is 14.6. The Labute approximate surface area is 185 Å². The number of nitrogens with zero attached hydrogens (tertiary/aromatic N) is 1. The average molecular weight is 440 g/mol. The zero-order valence-corrected chi connectivity index (χ0v) is 18.6. The van der Waals surface area contributed by atoms with Crippen molar-refractivity contribution in [3.8, 4) is 6.07 Å². The number of esters is 1. The summed E-state index contributed by atoms with van der Waals surface area (Å²) in [6, 6.07) is 11.2. The van der Waals surface area contributed by atoms with E-state index in [0.717, 1.165) is 11.3 Å². The molecule has 2 aromatic rings. The fraction of sp³-hybridized carbons (Fsp3) is 0.391. The summed E-state index contributed by atoms with van der Waals surface area (Å²) in [5.41, 5.74) is 5.70. The third-order valence-corrected chi connectivity index (χ3v) is 6.16. The highest BCUT2D eigenvalue weighted by molar-refractivity contribution is 7.18. The number of nitrogen functional groups attached to an aromatic ring is 1. The van der Waals surface area contributed by atoms with Gasteiger partial charge >= 0.3 is 5.97 Å². The monoisotopic (exact) mass is 439 g/mol. The summed E-state index contributed by atoms with van der Waals surface area (Å²) >= 11 is 1.04. The van der Waals surface area contributed by atoms with Gasteiger partial charge in [0, 0.05) is 6.54 Å². The molecule has 0 saturated heterocycles. The van der Waals surface area contributed by atoms with E-state index < -0.39 is 22.9 Å². The van der Waals surface area contributed by atoms with Crippen LogP contribution >= 0.6 is 11.3 Å². The topological polar surface area (TPSA) is 122 Å². The number of nitriles is 1. The fourth-order valence-electron chi connectivity index (χ4n) is 3.70. The van der Waals surface area contributed by atoms with Crippen LogP contribution in [0.3, 0.4) is 0 Å². The van der Waals surface area contributed by atoms with Crippen molar-refractivity contribution in [1.82, 2.24) is 5.32 Å². The maximum atomic E-state index is 13.3. The summed E-state index contributed by atoms with van der Waals surface area (Å²) in [5, 5.41) is 12.8. The van der Waals surface area contributed by atoms with Crippen molar-refractivity contribution in [1.29, 1.82) is 5.26 Å². The van der Waals surface area contributed by atoms with Crippen molar-refractivity contribution in [2.75, 3.05) is 12.3 Å². The molecule has 1 unspecified atom stereocenters. The predicted octanol–water partition coefficient (Wildman–Crippen LogP) is 3.38. The highest BCUT2D eigenvalue weighted by atomic mass is 32.1. The Morgan fingerprint density at radius 2 is 1.97 bits per heavy atom. The minimum Gasteiger partial charge on any atom is -0.460 e. The molecule has 1 heterocycles. The molecule has 0 spiro atoms. The predicted molar refractivity (Wildman–Crippen MR) is 118 cm³/mol. The summed E-state index contributed by atoms with van der Waals surface area (Å²) in [7, 11) is 0. The van der Waals surface area contributed by atoms with Crippen LogP contribution in [-0.4, -0.2) is 29.8 Å². The van der Waals surface area contributed by atoms with Gasteiger partial charge in [0.15, 0.2) is 5.78 Å². The molecule has 1 aliphatic carbocycles. The Hall–Kier alpha value is -3.18. The number of benzene rings is 1. The number of carbonyl (C=O) groups is 3. The maximum Gasteiger partial charge on any atom is 0.308 e. The molecule has 1 aromatic carbocycles. The Kier molecular flexibility index (Phi) is 6.18. The second-order valence-electron chi connectivity index (χ2n) is 8.45. The van der Waals surface area contributed by atoms with E-state index in [1.165, 1.54) is 0 Å². The zero-order chi connectivity index (χ0) is 22.8. The number of carbonyl (C=O) groups excluding carboxylic acids is 3. The van der Waals surface area contributed by atoms with Gasteiger partial charge in [-0.3, -0.25) is 14.4 Å². The number of hydrogen-bond acceptors (Lipinski definition) is 7. The number of nitrogens with two attached hydrogens (primary N) is 1. The molecular formula is C23H25N3O4S. The highest BCUT2D eigenvalue weighted by Gasteiger charge is 2.47. The van der Waals surface area contributed by atoms with Crippen LogP contribution in [0, 0.1) is 11.3 Å². The Balaban J connectivity index is 1.79. The molecule has 0 radical (unpaired) electrons. The second kappa shape index (κ2) is 8.52. The van der Waals surface area contributed by atoms with Gasteiger partial charge in [0.1, 0.15) is 11.0 Å². The van der Waals surface area contributed by atoms with Crippen molar-refractivity contribution < 1.29 is 19.1 Å². The minimum atomic E-state index is -1.28. The quantitative estimate of drug-likeness (QED) is 0.689. The third kappa shape index (κ3) is 4.47. The lowest BCUT2D eigenvalue weighted by Gasteiger charge is -2.29. The largest absolute Gasteiger partial charge is 0.460 e. The van der Waals surface area contributed by atoms with Crippen LogP contribution in [-0.2, 0) is 21.4 Å². The van der Waals surface area contributed by atoms with E-state index in [0.29, 0.717) is 22.4 Å². The van der Waals surface area contributed by atoms with Crippen LogP contribution in [0.4, 0.5) is 5.00 Å². The molecule has 0 fully saturated rings. The number of Topliss-reactive ketones (excluding diaryl/α,β-unsaturated/α-hetero) is 1. The first-order valence-corrected chi connectivity index (χ1v) is 10.8. The SMILES string of the molecule is CC(C)(C)OC(=O)CCNC(=O)c1c(N)sc2c1CCC(C#N)(c1ccccc1)C2=O. The molecule has 0 aliphatic heterocycles. The summed E-state index contributed by atoms with van der Waals surface area (Å²) < 4.78 is 5.23. The number of hydrogen-bond donors (Lipinski definition) is 2. The van der Waals surface area contributed by atoms with Crippen LogP contribution < -0.4 is 11.1 Å². The van der Waals surface area contributed by atoms with Crippen molar-refractivity contribution >= 4 is 34.0 Å². The van der Waals surface area contributed by atoms with Gasteiger partial charge in [-0.05, 0) is 44.7 Å². The van der Waals surface area contributed by atoms with Crippen LogP contribution in [0.25, 0.3) is 0 Å². The average Bonchev–Trinajstić information content (AvgIpc) is 3.04. The molecule has 8 heteroatoms. The van der Waals surface area contributed by atoms with Gasteiger partial charge in [-0.15, -0.1) is 11.3 Å². The lowest BCUT2D eigenvalue weighted by Crippen LogP contribution is -2.39. The van der Waals surface area contributed by atoms with E-state index >= 15 is 0 Å². The number of amides is 1. The third-order valence-electron chi connectivity index (χ3n) is 5.10. The molecule has 1 atom stereocenters. The van der Waals surface area contributed by atoms with Gasteiger partial charge in [0.05, 0.1) is 27.9 Å². The number of ketones is 1. The van der Waals surface area contributed by atoms with E-state index in [4.69, 9.17) is 10.5 Å². The van der Waals surface area contributed by atoms with Crippen molar-refractivity contribution in [2.45, 2.75) is 51.0 Å². The van der Waals surface area contributed by atoms with Gasteiger partial charge in [0.2, 0.25) is 0 Å². The lowest BCUT2D eigenvalue weighted by atomic mass is 9.69. The summed E-state index contributed by atoms with van der Waals surface area (Å²) in [4.78, 5) is 38.3. The Morgan fingerprint density at radius 3 is 2.58 bits per heavy atom. The van der Waals surface area contributed by atoms with Crippen molar-refractivity contribution in [3.63, 3.8) is 0 Å². The van der Waals surface area contributed by atoms with E-state index in [1.54, 1.807) is 45.0 Å². The van der Waals surface area contributed by atoms with Crippen LogP contribution in [0.15, 0.2) is 30.3 Å². The molecule has 1 aliphatic rings. The van der Waals surface area contributed by atoms with Crippen molar-refractivity contribution in [2.24, 2.45) is 0 Å². The highest BCUT2D eigenvalue weighted by Crippen LogP contribution is 2.44. The summed E-state index contributed by atoms with van der Waals surface area (Å²) in [5.74, 6) is -1.17. The fourth-order valence-corrected chi connectivity index (χ4v) is 4.84. The van der Waals surface area contributed by atoms with Gasteiger partial charge < -0.3 is 15.8 Å². The van der Waals surface area contributed by atoms with E-state index in [1.807, 2.05) is 6.07 Å². The van der Waals surface area contributed by atoms with Crippen molar-refractivity contribution in [3.05, 3.63) is 51.9 Å². The normalized spacial score (nSPS) is 18.1. The molecule has 0 bridgehead atoms. The first kappa shape index (κ1) is 22.5. The van der Waals surface area contributed by atoms with Crippen LogP contribution in [0.1, 0.15) is 64.8 Å². The summed E-state index contributed by atoms with van der Waals surface area (Å²) in [6.45, 7) is 5.42. The molecule has 31 heavy (non-hydrogen) atoms. The first-order valence-electron chi connectivity index (χ1n) is 10.0. The molecule has 162 valence electrons. The number of ether oxygens (including phenoxy) is 1. The summed E-state index contributed by atoms with van der Waals surface area (Å²) in [6.07, 6.45) is 0.680. The molecule has 1 amide bonds. The van der Waals surface area contributed by atoms with Gasteiger partial charge in [-0.25, -0.2) is 0 Å². The molecule has 1 aromatic heterocycles. The van der Waals surface area contributed by atoms with E-state index in [-0.39, 0.29) is 35.7 Å². The second-order valence-corrected chi connectivity index (χ2v) is 9.51. The molecule has 3 rings (SSSR count). The lowest BCUT2D eigenvalue weighted by molar-refractivity contribution is -0.154. The molecule has 7 nitrogen and oxygen atoms in total. The zero-order valence-electron chi connectivity index (χ0n) is 17.8. The maximum absolute atomic E-state index is 13.3. The number of rotatable bonds is 5. The van der Waals surface area contributed by atoms with E-state index in [9.17, 15) is 19.6 Å². The number of fused-ring (bicyclic) bond motifs is 1. The standard InChI is InChI=1S/C23H25N3O4S/c1-22(2,3)30-16(27)10-12-26-21(29)17-15-9-11-23(13-24,14-7-5-4-6-8-14)19(28)18(15)31-20(17)25/h4-8H,9-12,25H2,1-3H3,(H,26,29). The number of anilines is 1. The Bertz CT molecular complexity index is 1060. The van der Waals surface area contributed by atoms with Gasteiger partial charge in [0.25, 0.3) is 5.91 Å². The van der Waals surface area contributed by atoms with Gasteiger partial charge in [-0.2, -0.15) is 5.26 Å². The number of thiophene rings is 1. The van der Waals surface area contributed by atoms with Crippen LogP contribution in [0.5, 0.6) is 0 Å². The van der Waals surface area contributed by atoms with E-state index in [2.05, 4.69) is 11.4 Å². The minimum absolute atomic E-state index is 0.0275. The molecule has 3 N–H and O–H groups in total.